The van der Waals surface area contributed by atoms with Gasteiger partial charge in [0.25, 0.3) is 11.8 Å². The van der Waals surface area contributed by atoms with Crippen LogP contribution in [0.3, 0.4) is 0 Å². The van der Waals surface area contributed by atoms with Crippen molar-refractivity contribution >= 4 is 52.4 Å². The lowest BCUT2D eigenvalue weighted by Gasteiger charge is -2.35. The lowest BCUT2D eigenvalue weighted by molar-refractivity contribution is -0.114. The molecule has 1 aromatic heterocycles. The van der Waals surface area contributed by atoms with Gasteiger partial charge in [0.2, 0.25) is 11.9 Å². The fraction of sp³-hybridized carbons (Fsp3) is 0.378. The maximum absolute atomic E-state index is 13.7. The Hall–Kier alpha value is -5.27. The van der Waals surface area contributed by atoms with Crippen LogP contribution in [-0.4, -0.2) is 104 Å². The lowest BCUT2D eigenvalue weighted by atomic mass is 10.1. The van der Waals surface area contributed by atoms with Crippen molar-refractivity contribution in [2.75, 3.05) is 69.5 Å². The number of anilines is 3. The number of nitrogens with zero attached hydrogens (tertiary/aromatic N) is 4. The van der Waals surface area contributed by atoms with Crippen LogP contribution < -0.4 is 25.0 Å². The molecule has 264 valence electrons. The van der Waals surface area contributed by atoms with Crippen LogP contribution in [0.1, 0.15) is 52.5 Å². The molecule has 1 atom stereocenters. The minimum absolute atomic E-state index is 0.0754. The number of amides is 3. The van der Waals surface area contributed by atoms with Gasteiger partial charge in [-0.05, 0) is 81.3 Å². The molecule has 0 aliphatic carbocycles. The van der Waals surface area contributed by atoms with E-state index >= 15 is 0 Å². The predicted molar refractivity (Wildman–Crippen MR) is 194 cm³/mol. The first kappa shape index (κ1) is 36.0. The van der Waals surface area contributed by atoms with Gasteiger partial charge in [-0.15, -0.1) is 0 Å². The molecular formula is C37H45N7O6. The molecule has 3 N–H and O–H groups in total. The molecule has 4 aromatic rings. The highest BCUT2D eigenvalue weighted by Crippen LogP contribution is 2.32. The minimum Gasteiger partial charge on any atom is -0.495 e. The van der Waals surface area contributed by atoms with Crippen LogP contribution in [0.25, 0.3) is 11.0 Å². The molecule has 3 aromatic carbocycles. The number of para-hydroxylation sites is 1. The molecule has 1 aliphatic rings. The summed E-state index contributed by atoms with van der Waals surface area (Å²) < 4.78 is 11.8. The lowest BCUT2D eigenvalue weighted by Crippen LogP contribution is -2.49. The monoisotopic (exact) mass is 683 g/mol. The third kappa shape index (κ3) is 8.65. The van der Waals surface area contributed by atoms with E-state index in [1.165, 1.54) is 18.9 Å². The summed E-state index contributed by atoms with van der Waals surface area (Å²) in [7, 11) is 5.25. The van der Waals surface area contributed by atoms with Crippen LogP contribution >= 0.6 is 0 Å². The topological polar surface area (TPSA) is 149 Å². The fourth-order valence-electron chi connectivity index (χ4n) is 6.00. The van der Waals surface area contributed by atoms with Crippen molar-refractivity contribution in [3.05, 3.63) is 71.3 Å². The van der Waals surface area contributed by atoms with Gasteiger partial charge in [-0.3, -0.25) is 24.6 Å². The third-order valence-corrected chi connectivity index (χ3v) is 8.85. The number of ether oxygens (including phenoxy) is 2. The second-order valence-electron chi connectivity index (χ2n) is 12.6. The van der Waals surface area contributed by atoms with E-state index in [1.807, 2.05) is 25.1 Å². The van der Waals surface area contributed by atoms with E-state index in [9.17, 15) is 19.2 Å². The van der Waals surface area contributed by atoms with Gasteiger partial charge in [0.05, 0.1) is 42.2 Å². The number of methoxy groups -OCH3 is 1. The number of fused-ring (bicyclic) bond motifs is 1. The Bertz CT molecular complexity index is 1850. The second kappa shape index (κ2) is 16.4. The third-order valence-electron chi connectivity index (χ3n) is 8.85. The number of likely N-dealkylation sites (N-methyl/N-ethyl adjacent to an activating group) is 1. The van der Waals surface area contributed by atoms with Gasteiger partial charge < -0.3 is 34.4 Å². The molecule has 1 aliphatic heterocycles. The van der Waals surface area contributed by atoms with Gasteiger partial charge >= 0.3 is 0 Å². The first-order chi connectivity index (χ1) is 24.1. The number of nitrogens with one attached hydrogen (secondary N) is 3. The van der Waals surface area contributed by atoms with E-state index in [1.54, 1.807) is 43.4 Å². The highest BCUT2D eigenvalue weighted by molar-refractivity contribution is 6.13. The van der Waals surface area contributed by atoms with Crippen molar-refractivity contribution in [2.24, 2.45) is 0 Å². The van der Waals surface area contributed by atoms with E-state index in [0.29, 0.717) is 51.6 Å². The molecule has 0 saturated carbocycles. The number of hydrogen-bond donors (Lipinski definition) is 3. The molecule has 0 spiro atoms. The SMILES string of the molecule is COc1cc(C(=O)N(C)c2ccc(C)cc2OCCCCC(C=O)N2CCN(C)CC2)ccc1NC(=O)c1cccc2[nH]c(NC(C)=O)nc12. The largest absolute Gasteiger partial charge is 0.495 e. The fourth-order valence-corrected chi connectivity index (χ4v) is 6.00. The van der Waals surface area contributed by atoms with E-state index in [2.05, 4.69) is 37.4 Å². The van der Waals surface area contributed by atoms with Gasteiger partial charge in [0, 0.05) is 45.7 Å². The number of hydrogen-bond acceptors (Lipinski definition) is 9. The summed E-state index contributed by atoms with van der Waals surface area (Å²) in [5, 5.41) is 5.44. The van der Waals surface area contributed by atoms with Crippen molar-refractivity contribution in [2.45, 2.75) is 39.2 Å². The van der Waals surface area contributed by atoms with Crippen molar-refractivity contribution in [3.8, 4) is 11.5 Å². The number of rotatable bonds is 14. The Kier molecular flexibility index (Phi) is 11.8. The molecule has 13 heteroatoms. The van der Waals surface area contributed by atoms with E-state index < -0.39 is 5.91 Å². The van der Waals surface area contributed by atoms with Gasteiger partial charge in [-0.25, -0.2) is 4.98 Å². The first-order valence-electron chi connectivity index (χ1n) is 16.7. The first-order valence-corrected chi connectivity index (χ1v) is 16.7. The van der Waals surface area contributed by atoms with Crippen molar-refractivity contribution in [1.29, 1.82) is 0 Å². The van der Waals surface area contributed by atoms with Gasteiger partial charge in [0.1, 0.15) is 23.3 Å². The van der Waals surface area contributed by atoms with E-state index in [0.717, 1.165) is 57.3 Å². The summed E-state index contributed by atoms with van der Waals surface area (Å²) in [5.74, 6) is 0.122. The number of aldehydes is 1. The Morgan fingerprint density at radius 2 is 1.80 bits per heavy atom. The quantitative estimate of drug-likeness (QED) is 0.127. The number of H-pyrrole nitrogens is 1. The van der Waals surface area contributed by atoms with Gasteiger partial charge in [0.15, 0.2) is 0 Å². The summed E-state index contributed by atoms with van der Waals surface area (Å²) in [6.45, 7) is 7.53. The number of carbonyl (C=O) groups excluding carboxylic acids is 4. The minimum atomic E-state index is -0.437. The maximum Gasteiger partial charge on any atom is 0.258 e. The Labute approximate surface area is 291 Å². The number of imidazole rings is 1. The molecule has 0 bridgehead atoms. The van der Waals surface area contributed by atoms with Crippen LogP contribution in [0.2, 0.25) is 0 Å². The summed E-state index contributed by atoms with van der Waals surface area (Å²) in [5.41, 5.74) is 3.62. The Morgan fingerprint density at radius 3 is 2.52 bits per heavy atom. The standard InChI is InChI=1S/C37H45N7O6/c1-24-12-15-31(33(21-24)50-20-7-6-9-27(23-45)44-18-16-42(3)17-19-44)43(4)36(48)26-13-14-29(32(22-26)49-5)39-35(47)28-10-8-11-30-34(28)41-37(40-30)38-25(2)46/h8,10-15,21-23,27H,6-7,9,16-20H2,1-5H3,(H,39,47)(H2,38,40,41,46). The van der Waals surface area contributed by atoms with Crippen LogP contribution in [-0.2, 0) is 9.59 Å². The number of benzene rings is 3. The normalized spacial score (nSPS) is 14.2. The van der Waals surface area contributed by atoms with Crippen LogP contribution in [0.5, 0.6) is 11.5 Å². The summed E-state index contributed by atoms with van der Waals surface area (Å²) in [6, 6.07) is 15.5. The average molecular weight is 684 g/mol. The van der Waals surface area contributed by atoms with E-state index in [4.69, 9.17) is 9.47 Å². The summed E-state index contributed by atoms with van der Waals surface area (Å²) >= 11 is 0. The zero-order chi connectivity index (χ0) is 35.8. The molecule has 13 nitrogen and oxygen atoms in total. The van der Waals surface area contributed by atoms with E-state index in [-0.39, 0.29) is 23.8 Å². The van der Waals surface area contributed by atoms with Gasteiger partial charge in [-0.2, -0.15) is 0 Å². The molecule has 5 rings (SSSR count). The molecule has 1 saturated heterocycles. The maximum atomic E-state index is 13.7. The zero-order valence-electron chi connectivity index (χ0n) is 29.2. The van der Waals surface area contributed by atoms with Crippen LogP contribution in [0, 0.1) is 6.92 Å². The molecule has 3 amide bonds. The molecule has 1 unspecified atom stereocenters. The second-order valence-corrected chi connectivity index (χ2v) is 12.6. The summed E-state index contributed by atoms with van der Waals surface area (Å²) in [4.78, 5) is 63.7. The smallest absolute Gasteiger partial charge is 0.258 e. The highest BCUT2D eigenvalue weighted by atomic mass is 16.5. The number of aromatic nitrogens is 2. The van der Waals surface area contributed by atoms with Crippen LogP contribution in [0.4, 0.5) is 17.3 Å². The number of piperazine rings is 1. The molecule has 2 heterocycles. The van der Waals surface area contributed by atoms with Crippen LogP contribution in [0.15, 0.2) is 54.6 Å². The van der Waals surface area contributed by atoms with Gasteiger partial charge in [-0.1, -0.05) is 12.1 Å². The number of aromatic amines is 1. The van der Waals surface area contributed by atoms with Crippen molar-refractivity contribution < 1.29 is 28.7 Å². The molecule has 50 heavy (non-hydrogen) atoms. The Balaban J connectivity index is 1.23. The predicted octanol–water partition coefficient (Wildman–Crippen LogP) is 4.73. The molecular weight excluding hydrogens is 638 g/mol. The average Bonchev–Trinajstić information content (AvgIpc) is 3.52. The number of unbranched alkanes of at least 4 members (excludes halogenated alkanes) is 1. The summed E-state index contributed by atoms with van der Waals surface area (Å²) in [6.07, 6.45) is 3.47. The molecule has 0 radical (unpaired) electrons. The zero-order valence-corrected chi connectivity index (χ0v) is 29.2. The van der Waals surface area contributed by atoms with Crippen molar-refractivity contribution in [1.82, 2.24) is 19.8 Å². The molecule has 1 fully saturated rings. The highest BCUT2D eigenvalue weighted by Gasteiger charge is 2.23. The number of carbonyl (C=O) groups is 4. The Morgan fingerprint density at radius 1 is 1.02 bits per heavy atom. The number of aryl methyl sites for hydroxylation is 1. The van der Waals surface area contributed by atoms with Crippen molar-refractivity contribution in [3.63, 3.8) is 0 Å².